The summed E-state index contributed by atoms with van der Waals surface area (Å²) in [4.78, 5) is 10.6. The Morgan fingerprint density at radius 3 is 2.80 bits per heavy atom. The molecule has 10 heavy (non-hydrogen) atoms. The third-order valence-corrected chi connectivity index (χ3v) is 1.25. The summed E-state index contributed by atoms with van der Waals surface area (Å²) in [5, 5.41) is 0. The summed E-state index contributed by atoms with van der Waals surface area (Å²) in [6.07, 6.45) is 2.31. The van der Waals surface area contributed by atoms with Crippen molar-refractivity contribution in [1.29, 1.82) is 0 Å². The maximum absolute atomic E-state index is 10.6. The number of carbonyl (C=O) groups is 1. The Bertz CT molecular complexity index is 93.6. The Kier molecular flexibility index (Phi) is 6.71. The second-order valence-electron chi connectivity index (χ2n) is 2.01. The van der Waals surface area contributed by atoms with Crippen LogP contribution in [0.15, 0.2) is 0 Å². The summed E-state index contributed by atoms with van der Waals surface area (Å²) in [6, 6.07) is 0. The van der Waals surface area contributed by atoms with Crippen LogP contribution in [0.25, 0.3) is 0 Å². The molecule has 0 saturated carbocycles. The number of hydrogen-bond donors (Lipinski definition) is 0. The first-order valence-corrected chi connectivity index (χ1v) is 4.06. The number of hydrogen-bond acceptors (Lipinski definition) is 2. The summed E-state index contributed by atoms with van der Waals surface area (Å²) in [7, 11) is 0. The van der Waals surface area contributed by atoms with Crippen molar-refractivity contribution in [2.75, 3.05) is 12.5 Å². The fourth-order valence-electron chi connectivity index (χ4n) is 0.480. The van der Waals surface area contributed by atoms with Gasteiger partial charge < -0.3 is 4.74 Å². The zero-order chi connectivity index (χ0) is 7.82. The largest absolute Gasteiger partial charge is 0.466 e. The van der Waals surface area contributed by atoms with Gasteiger partial charge in [0.05, 0.1) is 13.0 Å². The van der Waals surface area contributed by atoms with Crippen LogP contribution in [0.1, 0.15) is 26.2 Å². The maximum Gasteiger partial charge on any atom is 0.306 e. The van der Waals surface area contributed by atoms with Crippen molar-refractivity contribution >= 4 is 17.6 Å². The molecule has 0 rings (SSSR count). The molecular formula is C7H13ClO2. The van der Waals surface area contributed by atoms with Gasteiger partial charge in [0, 0.05) is 5.88 Å². The summed E-state index contributed by atoms with van der Waals surface area (Å²) in [6.45, 7) is 2.58. The van der Waals surface area contributed by atoms with Crippen LogP contribution in [0.3, 0.4) is 0 Å². The minimum atomic E-state index is -0.191. The lowest BCUT2D eigenvalue weighted by molar-refractivity contribution is -0.143. The van der Waals surface area contributed by atoms with Crippen LogP contribution in [-0.4, -0.2) is 18.5 Å². The van der Waals surface area contributed by atoms with Crippen molar-refractivity contribution in [3.8, 4) is 0 Å². The van der Waals surface area contributed by atoms with Crippen LogP contribution in [0, 0.1) is 0 Å². The van der Waals surface area contributed by atoms with E-state index in [0.717, 1.165) is 12.8 Å². The zero-order valence-electron chi connectivity index (χ0n) is 6.23. The van der Waals surface area contributed by atoms with Crippen LogP contribution in [0.5, 0.6) is 0 Å². The molecule has 0 amide bonds. The number of esters is 1. The summed E-state index contributed by atoms with van der Waals surface area (Å²) >= 11 is 5.31. The Morgan fingerprint density at radius 2 is 2.30 bits per heavy atom. The monoisotopic (exact) mass is 164 g/mol. The number of ether oxygens (including phenoxy) is 1. The van der Waals surface area contributed by atoms with E-state index < -0.39 is 0 Å². The third kappa shape index (κ3) is 5.89. The van der Waals surface area contributed by atoms with Gasteiger partial charge in [-0.2, -0.15) is 0 Å². The lowest BCUT2D eigenvalue weighted by Crippen LogP contribution is -2.05. The van der Waals surface area contributed by atoms with E-state index in [0.29, 0.717) is 18.9 Å². The number of rotatable bonds is 5. The Balaban J connectivity index is 3.05. The van der Waals surface area contributed by atoms with Crippen molar-refractivity contribution in [2.24, 2.45) is 0 Å². The average molecular weight is 165 g/mol. The molecule has 0 aliphatic heterocycles. The van der Waals surface area contributed by atoms with Crippen LogP contribution in [-0.2, 0) is 9.53 Å². The van der Waals surface area contributed by atoms with Crippen molar-refractivity contribution in [2.45, 2.75) is 26.2 Å². The van der Waals surface area contributed by atoms with Gasteiger partial charge in [-0.1, -0.05) is 13.3 Å². The molecule has 0 aromatic rings. The average Bonchev–Trinajstić information content (AvgIpc) is 1.89. The standard InChI is InChI=1S/C7H13ClO2/c1-2-3-6-10-7(9)4-5-8/h2-6H2,1H3. The minimum Gasteiger partial charge on any atom is -0.466 e. The molecule has 0 heterocycles. The van der Waals surface area contributed by atoms with Gasteiger partial charge in [-0.3, -0.25) is 4.79 Å². The lowest BCUT2D eigenvalue weighted by Gasteiger charge is -2.00. The van der Waals surface area contributed by atoms with Crippen molar-refractivity contribution in [3.63, 3.8) is 0 Å². The highest BCUT2D eigenvalue weighted by Gasteiger charge is 1.98. The highest BCUT2D eigenvalue weighted by Crippen LogP contribution is 1.92. The minimum absolute atomic E-state index is 0.191. The van der Waals surface area contributed by atoms with E-state index in [4.69, 9.17) is 16.3 Å². The number of carbonyl (C=O) groups excluding carboxylic acids is 1. The van der Waals surface area contributed by atoms with Crippen molar-refractivity contribution in [1.82, 2.24) is 0 Å². The molecule has 0 aromatic heterocycles. The first-order chi connectivity index (χ1) is 4.81. The summed E-state index contributed by atoms with van der Waals surface area (Å²) in [5.74, 6) is 0.161. The Labute approximate surface area is 66.5 Å². The Hall–Kier alpha value is -0.240. The number of unbranched alkanes of at least 4 members (excludes halogenated alkanes) is 1. The molecular weight excluding hydrogens is 152 g/mol. The number of alkyl halides is 1. The van der Waals surface area contributed by atoms with E-state index in [2.05, 4.69) is 6.92 Å². The molecule has 0 aliphatic carbocycles. The van der Waals surface area contributed by atoms with Crippen LogP contribution in [0.4, 0.5) is 0 Å². The molecule has 0 N–H and O–H groups in total. The summed E-state index contributed by atoms with van der Waals surface area (Å²) < 4.78 is 4.80. The molecule has 0 spiro atoms. The van der Waals surface area contributed by atoms with Gasteiger partial charge in [0.1, 0.15) is 0 Å². The Morgan fingerprint density at radius 1 is 1.60 bits per heavy atom. The predicted molar refractivity (Wildman–Crippen MR) is 41.2 cm³/mol. The highest BCUT2D eigenvalue weighted by molar-refractivity contribution is 6.18. The second-order valence-corrected chi connectivity index (χ2v) is 2.39. The van der Waals surface area contributed by atoms with E-state index in [1.165, 1.54) is 0 Å². The van der Waals surface area contributed by atoms with Crippen molar-refractivity contribution in [3.05, 3.63) is 0 Å². The van der Waals surface area contributed by atoms with Crippen LogP contribution in [0.2, 0.25) is 0 Å². The SMILES string of the molecule is CCCCOC(=O)CCCl. The maximum atomic E-state index is 10.6. The molecule has 2 nitrogen and oxygen atoms in total. The lowest BCUT2D eigenvalue weighted by atomic mass is 10.4. The van der Waals surface area contributed by atoms with E-state index in [1.807, 2.05) is 0 Å². The predicted octanol–water partition coefficient (Wildman–Crippen LogP) is 1.96. The van der Waals surface area contributed by atoms with Gasteiger partial charge in [0.2, 0.25) is 0 Å². The fourth-order valence-corrected chi connectivity index (χ4v) is 0.634. The summed E-state index contributed by atoms with van der Waals surface area (Å²) in [5.41, 5.74) is 0. The molecule has 0 saturated heterocycles. The normalized spacial score (nSPS) is 9.40. The first-order valence-electron chi connectivity index (χ1n) is 3.52. The van der Waals surface area contributed by atoms with Crippen LogP contribution >= 0.6 is 11.6 Å². The molecule has 60 valence electrons. The van der Waals surface area contributed by atoms with E-state index >= 15 is 0 Å². The van der Waals surface area contributed by atoms with E-state index in [1.54, 1.807) is 0 Å². The van der Waals surface area contributed by atoms with Gasteiger partial charge in [0.15, 0.2) is 0 Å². The second kappa shape index (κ2) is 6.87. The molecule has 0 fully saturated rings. The first kappa shape index (κ1) is 9.76. The van der Waals surface area contributed by atoms with E-state index in [9.17, 15) is 4.79 Å². The molecule has 0 radical (unpaired) electrons. The smallest absolute Gasteiger partial charge is 0.306 e. The fraction of sp³-hybridized carbons (Fsp3) is 0.857. The van der Waals surface area contributed by atoms with Crippen LogP contribution < -0.4 is 0 Å². The quantitative estimate of drug-likeness (QED) is 0.353. The topological polar surface area (TPSA) is 26.3 Å². The molecule has 3 heteroatoms. The highest BCUT2D eigenvalue weighted by atomic mass is 35.5. The molecule has 0 atom stereocenters. The van der Waals surface area contributed by atoms with Gasteiger partial charge in [-0.15, -0.1) is 11.6 Å². The third-order valence-electron chi connectivity index (χ3n) is 1.06. The van der Waals surface area contributed by atoms with Gasteiger partial charge in [0.25, 0.3) is 0 Å². The molecule has 0 aromatic carbocycles. The van der Waals surface area contributed by atoms with Gasteiger partial charge in [-0.05, 0) is 6.42 Å². The van der Waals surface area contributed by atoms with Gasteiger partial charge >= 0.3 is 5.97 Å². The molecule has 0 bridgehead atoms. The number of halogens is 1. The zero-order valence-corrected chi connectivity index (χ0v) is 6.99. The van der Waals surface area contributed by atoms with Crippen molar-refractivity contribution < 1.29 is 9.53 Å². The van der Waals surface area contributed by atoms with Gasteiger partial charge in [-0.25, -0.2) is 0 Å². The van der Waals surface area contributed by atoms with E-state index in [-0.39, 0.29) is 5.97 Å². The molecule has 0 aliphatic rings. The molecule has 0 unspecified atom stereocenters.